The van der Waals surface area contributed by atoms with Crippen molar-refractivity contribution in [3.05, 3.63) is 23.4 Å². The molecule has 0 spiro atoms. The summed E-state index contributed by atoms with van der Waals surface area (Å²) in [5.74, 6) is 1.27. The molecule has 6 nitrogen and oxygen atoms in total. The van der Waals surface area contributed by atoms with Crippen molar-refractivity contribution in [3.8, 4) is 0 Å². The van der Waals surface area contributed by atoms with E-state index in [1.54, 1.807) is 6.07 Å². The number of nitrogens with zero attached hydrogens (tertiary/aromatic N) is 4. The SMILES string of the molecule is CSc1nc(Cl)cc(NCCc2ncno2)n1. The molecule has 0 atom stereocenters. The average molecular weight is 272 g/mol. The van der Waals surface area contributed by atoms with Gasteiger partial charge in [-0.05, 0) is 6.26 Å². The minimum atomic E-state index is 0.421. The lowest BCUT2D eigenvalue weighted by Gasteiger charge is -2.05. The molecule has 0 aliphatic carbocycles. The van der Waals surface area contributed by atoms with Crippen LogP contribution in [0.5, 0.6) is 0 Å². The lowest BCUT2D eigenvalue weighted by Crippen LogP contribution is -2.07. The number of hydrogen-bond acceptors (Lipinski definition) is 7. The van der Waals surface area contributed by atoms with Crippen LogP contribution in [0.1, 0.15) is 5.89 Å². The van der Waals surface area contributed by atoms with E-state index in [4.69, 9.17) is 16.1 Å². The van der Waals surface area contributed by atoms with E-state index in [-0.39, 0.29) is 0 Å². The Morgan fingerprint density at radius 3 is 3.06 bits per heavy atom. The van der Waals surface area contributed by atoms with Gasteiger partial charge in [-0.25, -0.2) is 9.97 Å². The molecule has 0 aromatic carbocycles. The van der Waals surface area contributed by atoms with E-state index in [0.717, 1.165) is 0 Å². The minimum absolute atomic E-state index is 0.421. The first-order valence-electron chi connectivity index (χ1n) is 4.86. The largest absolute Gasteiger partial charge is 0.369 e. The molecule has 0 aliphatic rings. The van der Waals surface area contributed by atoms with Gasteiger partial charge < -0.3 is 9.84 Å². The molecular weight excluding hydrogens is 262 g/mol. The summed E-state index contributed by atoms with van der Waals surface area (Å²) in [5, 5.41) is 7.70. The van der Waals surface area contributed by atoms with E-state index in [1.165, 1.54) is 18.1 Å². The second kappa shape index (κ2) is 5.83. The number of hydrogen-bond donors (Lipinski definition) is 1. The van der Waals surface area contributed by atoms with Gasteiger partial charge in [-0.3, -0.25) is 0 Å². The minimum Gasteiger partial charge on any atom is -0.369 e. The molecule has 2 aromatic heterocycles. The molecule has 0 amide bonds. The van der Waals surface area contributed by atoms with Crippen molar-refractivity contribution in [2.24, 2.45) is 0 Å². The summed E-state index contributed by atoms with van der Waals surface area (Å²) in [6.45, 7) is 0.642. The normalized spacial score (nSPS) is 10.5. The smallest absolute Gasteiger partial charge is 0.228 e. The average Bonchev–Trinajstić information content (AvgIpc) is 2.81. The van der Waals surface area contributed by atoms with Crippen molar-refractivity contribution in [2.45, 2.75) is 11.6 Å². The van der Waals surface area contributed by atoms with Gasteiger partial charge in [0.05, 0.1) is 0 Å². The van der Waals surface area contributed by atoms with Gasteiger partial charge >= 0.3 is 0 Å². The van der Waals surface area contributed by atoms with Gasteiger partial charge in [-0.1, -0.05) is 28.5 Å². The zero-order chi connectivity index (χ0) is 12.1. The van der Waals surface area contributed by atoms with E-state index in [2.05, 4.69) is 25.4 Å². The Morgan fingerprint density at radius 2 is 2.35 bits per heavy atom. The first-order chi connectivity index (χ1) is 8.28. The van der Waals surface area contributed by atoms with Gasteiger partial charge in [0.2, 0.25) is 5.89 Å². The fraction of sp³-hybridized carbons (Fsp3) is 0.333. The molecule has 0 aliphatic heterocycles. The highest BCUT2D eigenvalue weighted by Crippen LogP contribution is 2.16. The highest BCUT2D eigenvalue weighted by molar-refractivity contribution is 7.98. The molecule has 1 N–H and O–H groups in total. The molecule has 0 saturated carbocycles. The molecule has 0 radical (unpaired) electrons. The maximum Gasteiger partial charge on any atom is 0.228 e. The Morgan fingerprint density at radius 1 is 1.47 bits per heavy atom. The van der Waals surface area contributed by atoms with E-state index < -0.39 is 0 Å². The zero-order valence-electron chi connectivity index (χ0n) is 9.05. The predicted octanol–water partition coefficient (Wildman–Crippen LogP) is 1.89. The van der Waals surface area contributed by atoms with Crippen LogP contribution in [-0.4, -0.2) is 32.9 Å². The maximum atomic E-state index is 5.86. The molecule has 2 rings (SSSR count). The summed E-state index contributed by atoms with van der Waals surface area (Å²) in [6.07, 6.45) is 3.91. The van der Waals surface area contributed by atoms with Gasteiger partial charge in [0, 0.05) is 19.0 Å². The van der Waals surface area contributed by atoms with Gasteiger partial charge in [0.1, 0.15) is 11.0 Å². The summed E-state index contributed by atoms with van der Waals surface area (Å²) in [7, 11) is 0. The third-order valence-corrected chi connectivity index (χ3v) is 2.65. The summed E-state index contributed by atoms with van der Waals surface area (Å²) >= 11 is 7.30. The van der Waals surface area contributed by atoms with Crippen molar-refractivity contribution in [3.63, 3.8) is 0 Å². The molecule has 2 heterocycles. The number of thioether (sulfide) groups is 1. The highest BCUT2D eigenvalue weighted by Gasteiger charge is 2.03. The van der Waals surface area contributed by atoms with Gasteiger partial charge in [-0.15, -0.1) is 0 Å². The highest BCUT2D eigenvalue weighted by atomic mass is 35.5. The van der Waals surface area contributed by atoms with E-state index in [1.807, 2.05) is 6.26 Å². The molecule has 8 heteroatoms. The number of nitrogens with one attached hydrogen (secondary N) is 1. The van der Waals surface area contributed by atoms with Crippen molar-refractivity contribution in [1.29, 1.82) is 0 Å². The number of aromatic nitrogens is 4. The van der Waals surface area contributed by atoms with Crippen LogP contribution in [-0.2, 0) is 6.42 Å². The quantitative estimate of drug-likeness (QED) is 0.505. The Hall–Kier alpha value is -1.34. The van der Waals surface area contributed by atoms with Crippen LogP contribution >= 0.6 is 23.4 Å². The van der Waals surface area contributed by atoms with Gasteiger partial charge in [0.25, 0.3) is 0 Å². The lowest BCUT2D eigenvalue weighted by atomic mass is 10.4. The van der Waals surface area contributed by atoms with Crippen molar-refractivity contribution < 1.29 is 4.52 Å². The van der Waals surface area contributed by atoms with Crippen molar-refractivity contribution in [2.75, 3.05) is 18.1 Å². The molecule has 0 bridgehead atoms. The summed E-state index contributed by atoms with van der Waals surface area (Å²) in [4.78, 5) is 12.2. The summed E-state index contributed by atoms with van der Waals surface area (Å²) in [6, 6.07) is 1.68. The van der Waals surface area contributed by atoms with Crippen LogP contribution in [0.25, 0.3) is 0 Å². The Labute approximate surface area is 107 Å². The second-order valence-electron chi connectivity index (χ2n) is 3.07. The molecular formula is C9H10ClN5OS. The fourth-order valence-electron chi connectivity index (χ4n) is 1.18. The molecule has 0 fully saturated rings. The van der Waals surface area contributed by atoms with Crippen molar-refractivity contribution in [1.82, 2.24) is 20.1 Å². The zero-order valence-corrected chi connectivity index (χ0v) is 10.6. The topological polar surface area (TPSA) is 76.7 Å². The van der Waals surface area contributed by atoms with Gasteiger partial charge in [0.15, 0.2) is 11.5 Å². The summed E-state index contributed by atoms with van der Waals surface area (Å²) in [5.41, 5.74) is 0. The standard InChI is InChI=1S/C9H10ClN5OS/c1-17-9-14-6(10)4-7(15-9)11-3-2-8-12-5-13-16-8/h4-5H,2-3H2,1H3,(H,11,14,15). The van der Waals surface area contributed by atoms with E-state index in [9.17, 15) is 0 Å². The van der Waals surface area contributed by atoms with Crippen LogP contribution in [0.3, 0.4) is 0 Å². The fourth-order valence-corrected chi connectivity index (χ4v) is 1.80. The number of anilines is 1. The monoisotopic (exact) mass is 271 g/mol. The van der Waals surface area contributed by atoms with Crippen LogP contribution in [0.4, 0.5) is 5.82 Å². The third-order valence-electron chi connectivity index (χ3n) is 1.91. The maximum absolute atomic E-state index is 5.86. The molecule has 2 aromatic rings. The summed E-state index contributed by atoms with van der Waals surface area (Å²) < 4.78 is 4.88. The third kappa shape index (κ3) is 3.57. The molecule has 90 valence electrons. The number of rotatable bonds is 5. The van der Waals surface area contributed by atoms with Crippen LogP contribution in [0.15, 0.2) is 22.1 Å². The van der Waals surface area contributed by atoms with Gasteiger partial charge in [-0.2, -0.15) is 4.98 Å². The predicted molar refractivity (Wildman–Crippen MR) is 65.3 cm³/mol. The van der Waals surface area contributed by atoms with E-state index in [0.29, 0.717) is 35.0 Å². The number of halogens is 1. The first kappa shape index (κ1) is 12.1. The first-order valence-corrected chi connectivity index (χ1v) is 6.46. The molecule has 0 unspecified atom stereocenters. The lowest BCUT2D eigenvalue weighted by molar-refractivity contribution is 0.379. The Kier molecular flexibility index (Phi) is 4.16. The Balaban J connectivity index is 1.92. The second-order valence-corrected chi connectivity index (χ2v) is 4.24. The molecule has 0 saturated heterocycles. The van der Waals surface area contributed by atoms with Crippen LogP contribution in [0.2, 0.25) is 5.15 Å². The Bertz CT molecular complexity index is 478. The van der Waals surface area contributed by atoms with Crippen molar-refractivity contribution >= 4 is 29.2 Å². The molecule has 17 heavy (non-hydrogen) atoms. The van der Waals surface area contributed by atoms with Crippen LogP contribution < -0.4 is 5.32 Å². The van der Waals surface area contributed by atoms with E-state index >= 15 is 0 Å². The van der Waals surface area contributed by atoms with Crippen LogP contribution in [0, 0.1) is 0 Å².